The first-order valence-electron chi connectivity index (χ1n) is 6.99. The molecule has 1 aromatic heterocycles. The number of pyridine rings is 1. The second-order valence-corrected chi connectivity index (χ2v) is 5.25. The minimum absolute atomic E-state index is 0.0585. The first-order chi connectivity index (χ1) is 9.13. The number of aliphatic hydroxyl groups is 1. The molecule has 4 nitrogen and oxygen atoms in total. The van der Waals surface area contributed by atoms with Crippen LogP contribution in [-0.4, -0.2) is 40.1 Å². The summed E-state index contributed by atoms with van der Waals surface area (Å²) < 4.78 is 0. The summed E-state index contributed by atoms with van der Waals surface area (Å²) in [5.74, 6) is 0.0585. The van der Waals surface area contributed by atoms with E-state index in [0.29, 0.717) is 24.6 Å². The summed E-state index contributed by atoms with van der Waals surface area (Å²) in [6.45, 7) is 4.57. The van der Waals surface area contributed by atoms with Crippen LogP contribution in [-0.2, 0) is 0 Å². The SMILES string of the molecule is Cc1ccc(C(=O)N(CCCO)C2CCC2)c(C)n1. The van der Waals surface area contributed by atoms with Crippen molar-refractivity contribution in [2.75, 3.05) is 13.2 Å². The maximum absolute atomic E-state index is 12.6. The van der Waals surface area contributed by atoms with Gasteiger partial charge in [0.25, 0.3) is 5.91 Å². The number of hydrogen-bond acceptors (Lipinski definition) is 3. The predicted molar refractivity (Wildman–Crippen MR) is 74.1 cm³/mol. The summed E-state index contributed by atoms with van der Waals surface area (Å²) >= 11 is 0. The van der Waals surface area contributed by atoms with Crippen molar-refractivity contribution in [1.82, 2.24) is 9.88 Å². The van der Waals surface area contributed by atoms with E-state index < -0.39 is 0 Å². The number of rotatable bonds is 5. The zero-order valence-corrected chi connectivity index (χ0v) is 11.7. The van der Waals surface area contributed by atoms with E-state index in [-0.39, 0.29) is 12.5 Å². The van der Waals surface area contributed by atoms with Crippen molar-refractivity contribution in [2.24, 2.45) is 0 Å². The van der Waals surface area contributed by atoms with Gasteiger partial charge in [0.1, 0.15) is 0 Å². The van der Waals surface area contributed by atoms with Gasteiger partial charge >= 0.3 is 0 Å². The van der Waals surface area contributed by atoms with E-state index in [2.05, 4.69) is 4.98 Å². The van der Waals surface area contributed by atoms with Gasteiger partial charge in [-0.05, 0) is 51.7 Å². The summed E-state index contributed by atoms with van der Waals surface area (Å²) in [5, 5.41) is 8.98. The largest absolute Gasteiger partial charge is 0.396 e. The number of amides is 1. The number of carbonyl (C=O) groups is 1. The Kier molecular flexibility index (Phi) is 4.53. The molecule has 0 bridgehead atoms. The van der Waals surface area contributed by atoms with Crippen molar-refractivity contribution in [2.45, 2.75) is 45.6 Å². The molecule has 1 amide bonds. The summed E-state index contributed by atoms with van der Waals surface area (Å²) in [5.41, 5.74) is 2.41. The van der Waals surface area contributed by atoms with Gasteiger partial charge in [0.15, 0.2) is 0 Å². The van der Waals surface area contributed by atoms with Gasteiger partial charge in [-0.1, -0.05) is 0 Å². The van der Waals surface area contributed by atoms with E-state index >= 15 is 0 Å². The Morgan fingerprint density at radius 2 is 2.16 bits per heavy atom. The average molecular weight is 262 g/mol. The highest BCUT2D eigenvalue weighted by Crippen LogP contribution is 2.26. The standard InChI is InChI=1S/C15H22N2O2/c1-11-7-8-14(12(2)16-11)15(19)17(9-4-10-18)13-5-3-6-13/h7-8,13,18H,3-6,9-10H2,1-2H3. The fourth-order valence-electron chi connectivity index (χ4n) is 2.46. The highest BCUT2D eigenvalue weighted by molar-refractivity contribution is 5.95. The van der Waals surface area contributed by atoms with Crippen LogP contribution in [0.4, 0.5) is 0 Å². The lowest BCUT2D eigenvalue weighted by molar-refractivity contribution is 0.0561. The summed E-state index contributed by atoms with van der Waals surface area (Å²) in [6.07, 6.45) is 3.99. The Bertz CT molecular complexity index is 455. The topological polar surface area (TPSA) is 53.4 Å². The molecule has 1 aliphatic carbocycles. The smallest absolute Gasteiger partial charge is 0.255 e. The Hall–Kier alpha value is -1.42. The molecule has 2 rings (SSSR count). The first-order valence-corrected chi connectivity index (χ1v) is 6.99. The molecule has 1 fully saturated rings. The van der Waals surface area contributed by atoms with Gasteiger partial charge in [0, 0.05) is 24.9 Å². The average Bonchev–Trinajstić information content (AvgIpc) is 2.31. The maximum Gasteiger partial charge on any atom is 0.255 e. The maximum atomic E-state index is 12.6. The van der Waals surface area contributed by atoms with E-state index in [9.17, 15) is 4.79 Å². The quantitative estimate of drug-likeness (QED) is 0.884. The third kappa shape index (κ3) is 3.13. The summed E-state index contributed by atoms with van der Waals surface area (Å²) in [4.78, 5) is 18.9. The second kappa shape index (κ2) is 6.15. The predicted octanol–water partition coefficient (Wildman–Crippen LogP) is 2.08. The molecular formula is C15H22N2O2. The Morgan fingerprint density at radius 1 is 1.42 bits per heavy atom. The molecule has 104 valence electrons. The van der Waals surface area contributed by atoms with E-state index in [1.807, 2.05) is 30.9 Å². The highest BCUT2D eigenvalue weighted by atomic mass is 16.3. The minimum Gasteiger partial charge on any atom is -0.396 e. The number of carbonyl (C=O) groups excluding carboxylic acids is 1. The van der Waals surface area contributed by atoms with Gasteiger partial charge in [-0.3, -0.25) is 9.78 Å². The fraction of sp³-hybridized carbons (Fsp3) is 0.600. The lowest BCUT2D eigenvalue weighted by atomic mass is 9.90. The molecule has 1 aromatic rings. The number of aryl methyl sites for hydroxylation is 2. The van der Waals surface area contributed by atoms with Crippen LogP contribution in [0, 0.1) is 13.8 Å². The van der Waals surface area contributed by atoms with Crippen LogP contribution in [0.15, 0.2) is 12.1 Å². The normalized spacial score (nSPS) is 15.1. The molecular weight excluding hydrogens is 240 g/mol. The monoisotopic (exact) mass is 262 g/mol. The number of aromatic nitrogens is 1. The third-order valence-electron chi connectivity index (χ3n) is 3.79. The molecule has 4 heteroatoms. The fourth-order valence-corrected chi connectivity index (χ4v) is 2.46. The van der Waals surface area contributed by atoms with Crippen LogP contribution >= 0.6 is 0 Å². The molecule has 1 N–H and O–H groups in total. The molecule has 1 heterocycles. The van der Waals surface area contributed by atoms with Crippen molar-refractivity contribution >= 4 is 5.91 Å². The molecule has 0 atom stereocenters. The van der Waals surface area contributed by atoms with Crippen LogP contribution in [0.2, 0.25) is 0 Å². The van der Waals surface area contributed by atoms with E-state index in [1.165, 1.54) is 6.42 Å². The number of nitrogens with zero attached hydrogens (tertiary/aromatic N) is 2. The minimum atomic E-state index is 0.0585. The zero-order valence-electron chi connectivity index (χ0n) is 11.7. The molecule has 1 saturated carbocycles. The van der Waals surface area contributed by atoms with Crippen LogP contribution < -0.4 is 0 Å². The van der Waals surface area contributed by atoms with Gasteiger partial charge in [-0.15, -0.1) is 0 Å². The summed E-state index contributed by atoms with van der Waals surface area (Å²) in [7, 11) is 0. The van der Waals surface area contributed by atoms with Crippen LogP contribution in [0.3, 0.4) is 0 Å². The van der Waals surface area contributed by atoms with Crippen molar-refractivity contribution in [3.05, 3.63) is 29.1 Å². The number of aliphatic hydroxyl groups excluding tert-OH is 1. The third-order valence-corrected chi connectivity index (χ3v) is 3.79. The van der Waals surface area contributed by atoms with Crippen molar-refractivity contribution < 1.29 is 9.90 Å². The Morgan fingerprint density at radius 3 is 2.68 bits per heavy atom. The van der Waals surface area contributed by atoms with Crippen molar-refractivity contribution in [1.29, 1.82) is 0 Å². The second-order valence-electron chi connectivity index (χ2n) is 5.25. The van der Waals surface area contributed by atoms with Gasteiger partial charge in [-0.25, -0.2) is 0 Å². The highest BCUT2D eigenvalue weighted by Gasteiger charge is 2.29. The molecule has 0 aliphatic heterocycles. The van der Waals surface area contributed by atoms with E-state index in [1.54, 1.807) is 0 Å². The molecule has 0 saturated heterocycles. The lowest BCUT2D eigenvalue weighted by Gasteiger charge is -2.37. The van der Waals surface area contributed by atoms with Gasteiger partial charge in [0.05, 0.1) is 11.3 Å². The van der Waals surface area contributed by atoms with Crippen LogP contribution in [0.1, 0.15) is 47.4 Å². The van der Waals surface area contributed by atoms with Crippen molar-refractivity contribution in [3.63, 3.8) is 0 Å². The molecule has 0 spiro atoms. The Labute approximate surface area is 114 Å². The molecule has 1 aliphatic rings. The van der Waals surface area contributed by atoms with Gasteiger partial charge in [0.2, 0.25) is 0 Å². The molecule has 0 unspecified atom stereocenters. The van der Waals surface area contributed by atoms with E-state index in [4.69, 9.17) is 5.11 Å². The first kappa shape index (κ1) is 14.0. The molecule has 0 aromatic carbocycles. The van der Waals surface area contributed by atoms with Crippen LogP contribution in [0.5, 0.6) is 0 Å². The number of hydrogen-bond donors (Lipinski definition) is 1. The molecule has 19 heavy (non-hydrogen) atoms. The van der Waals surface area contributed by atoms with E-state index in [0.717, 1.165) is 24.2 Å². The van der Waals surface area contributed by atoms with Gasteiger partial charge in [-0.2, -0.15) is 0 Å². The lowest BCUT2D eigenvalue weighted by Crippen LogP contribution is -2.45. The summed E-state index contributed by atoms with van der Waals surface area (Å²) in [6, 6.07) is 4.09. The zero-order chi connectivity index (χ0) is 13.8. The van der Waals surface area contributed by atoms with Crippen molar-refractivity contribution in [3.8, 4) is 0 Å². The van der Waals surface area contributed by atoms with Crippen LogP contribution in [0.25, 0.3) is 0 Å². The van der Waals surface area contributed by atoms with Gasteiger partial charge < -0.3 is 10.0 Å². The Balaban J connectivity index is 2.17. The molecule has 0 radical (unpaired) electrons.